The maximum absolute atomic E-state index is 13.0. The Hall–Kier alpha value is -14.2. The molecule has 0 aliphatic heterocycles. The van der Waals surface area contributed by atoms with Crippen molar-refractivity contribution in [2.45, 2.75) is 61.1 Å². The summed E-state index contributed by atoms with van der Waals surface area (Å²) >= 11 is 22.5. The van der Waals surface area contributed by atoms with E-state index in [0.29, 0.717) is 103 Å². The number of para-hydroxylation sites is 1. The first-order valence-corrected chi connectivity index (χ1v) is 44.0. The van der Waals surface area contributed by atoms with Crippen molar-refractivity contribution in [3.8, 4) is 102 Å². The van der Waals surface area contributed by atoms with Crippen LogP contribution in [0.25, 0.3) is 90.3 Å². The van der Waals surface area contributed by atoms with E-state index >= 15 is 0 Å². The standard InChI is InChI=1S/C29H21NO4.C25H21NO4.C20H16BrClN2O3.C13H8ClF3N2O2S.C12H8ClF3N2OS/c31-26(32)19-33-23-15-9-14-22(18-23)24-16-7-8-17-25(24)29-30-27(20-10-3-1-4-11-20)28(34-29)21-12-5-2-6-13-21;27-22(28)16-9-17-29-21-15-8-7-14-20(21)25-26-23(18-10-3-1-4-11-18)24(30-25)19-12-5-2-6-13-19;1-12-8-16(22)7-4-14(12)11-24-20(27)18(9-17(23-24)10-19(25)26)13-2-5-15(21)6-3-13;14-8-3-1-7(2-4-8)9(20)6-22-12-18-10(13(15,16)17)5-11(21)19-12;13-8-3-1-7(2-4-8)6-20-11-17-9(12(14,15)16)5-10(19)18-11/h1-18H,19H2,(H,31,32);1-8,10-15H,9,16-17H2,(H,27,28);2-9H,10-11H2,1H3,(H,25,26);1-5H,6H2,(H,18,19,21);1-5H,6H2,(H,17,18,19). The Morgan fingerprint density at radius 2 is 0.962 bits per heavy atom. The second-order valence-electron chi connectivity index (χ2n) is 28.6. The number of carboxylic acids is 3. The predicted octanol–water partition coefficient (Wildman–Crippen LogP) is 24.2. The van der Waals surface area contributed by atoms with Crippen molar-refractivity contribution in [1.82, 2.24) is 39.7 Å². The summed E-state index contributed by atoms with van der Waals surface area (Å²) in [7, 11) is 0. The Balaban J connectivity index is 0.000000152. The summed E-state index contributed by atoms with van der Waals surface area (Å²) in [6.45, 7) is 2.05. The van der Waals surface area contributed by atoms with Gasteiger partial charge in [-0.2, -0.15) is 31.4 Å². The van der Waals surface area contributed by atoms with Gasteiger partial charge in [0.1, 0.15) is 22.9 Å². The van der Waals surface area contributed by atoms with Gasteiger partial charge in [-0.1, -0.05) is 268 Å². The van der Waals surface area contributed by atoms with Gasteiger partial charge in [-0.05, 0) is 144 Å². The van der Waals surface area contributed by atoms with Crippen molar-refractivity contribution in [1.29, 1.82) is 0 Å². The first-order valence-electron chi connectivity index (χ1n) is 40.1. The molecule has 22 nitrogen and oxygen atoms in total. The number of thioether (sulfide) groups is 2. The number of rotatable bonds is 27. The summed E-state index contributed by atoms with van der Waals surface area (Å²) in [5, 5.41) is 32.5. The first-order chi connectivity index (χ1) is 63.8. The minimum absolute atomic E-state index is 0.0669. The molecule has 16 aromatic rings. The van der Waals surface area contributed by atoms with Gasteiger partial charge in [0.05, 0.1) is 42.1 Å². The lowest BCUT2D eigenvalue weighted by Gasteiger charge is -2.12. The summed E-state index contributed by atoms with van der Waals surface area (Å²) in [6.07, 6.45) is -9.12. The molecule has 5 heterocycles. The van der Waals surface area contributed by atoms with E-state index in [2.05, 4.69) is 41.0 Å². The number of nitrogens with one attached hydrogen (secondary N) is 2. The number of ketones is 1. The van der Waals surface area contributed by atoms with Gasteiger partial charge < -0.3 is 43.6 Å². The normalized spacial score (nSPS) is 11.0. The fourth-order valence-corrected chi connectivity index (χ4v) is 15.0. The lowest BCUT2D eigenvalue weighted by Crippen LogP contribution is -2.27. The fourth-order valence-electron chi connectivity index (χ4n) is 12.7. The molecule has 5 N–H and O–H groups in total. The summed E-state index contributed by atoms with van der Waals surface area (Å²) in [4.78, 5) is 101. The number of aromatic amines is 2. The van der Waals surface area contributed by atoms with Crippen LogP contribution in [0, 0.1) is 6.92 Å². The molecule has 34 heteroatoms. The van der Waals surface area contributed by atoms with Crippen molar-refractivity contribution in [2.24, 2.45) is 0 Å². The van der Waals surface area contributed by atoms with E-state index in [9.17, 15) is 59.9 Å². The summed E-state index contributed by atoms with van der Waals surface area (Å²) in [6, 6.07) is 90.4. The number of halogens is 10. The minimum Gasteiger partial charge on any atom is -0.493 e. The molecule has 5 aromatic heterocycles. The van der Waals surface area contributed by atoms with Crippen LogP contribution in [0.1, 0.15) is 57.0 Å². The molecule has 0 unspecified atom stereocenters. The lowest BCUT2D eigenvalue weighted by molar-refractivity contribution is -0.142. The van der Waals surface area contributed by atoms with Gasteiger partial charge in [-0.15, -0.1) is 0 Å². The van der Waals surface area contributed by atoms with Gasteiger partial charge in [-0.25, -0.2) is 29.4 Å². The third-order valence-electron chi connectivity index (χ3n) is 18.9. The number of aromatic nitrogens is 8. The molecule has 0 bridgehead atoms. The lowest BCUT2D eigenvalue weighted by atomic mass is 9.99. The van der Waals surface area contributed by atoms with E-state index in [1.54, 1.807) is 42.5 Å². The number of Topliss-reactive ketones (excluding diaryl/α,β-unsaturated/α-hetero) is 1. The maximum Gasteiger partial charge on any atom is 0.433 e. The summed E-state index contributed by atoms with van der Waals surface area (Å²) < 4.78 is 101. The van der Waals surface area contributed by atoms with Crippen LogP contribution in [-0.2, 0) is 45.5 Å². The number of carboxylic acid groups (broad SMARTS) is 3. The Morgan fingerprint density at radius 3 is 1.49 bits per heavy atom. The zero-order valence-electron chi connectivity index (χ0n) is 69.6. The SMILES string of the molecule is Cc1cc(Cl)ccc1Cn1nc(CC(=O)O)cc(-c2ccc(Br)cc2)c1=O.O=C(CSc1nc(C(F)(F)F)cc(=O)[nH]1)c1ccc(Cl)cc1.O=C(O)CCCOc1ccccc1-c1nc(-c2ccccc2)c(-c2ccccc2)o1.O=C(O)COc1cccc(-c2ccccc2-c2nc(-c3ccccc3)c(-c3ccccc3)o2)c1.O=c1cc(C(F)(F)F)nc(SCc2ccc(Cl)cc2)[nH]1. The molecule has 0 aliphatic rings. The first kappa shape index (κ1) is 97.8. The van der Waals surface area contributed by atoms with Crippen molar-refractivity contribution < 1.29 is 79.1 Å². The van der Waals surface area contributed by atoms with E-state index < -0.39 is 59.4 Å². The van der Waals surface area contributed by atoms with Crippen LogP contribution in [0.3, 0.4) is 0 Å². The number of hydrogen-bond acceptors (Lipinski definition) is 18. The number of carbonyl (C=O) groups is 4. The number of alkyl halides is 6. The monoisotopic (exact) mass is 1960 g/mol. The van der Waals surface area contributed by atoms with Crippen molar-refractivity contribution >= 4 is 97.9 Å². The highest BCUT2D eigenvalue weighted by Gasteiger charge is 2.35. The van der Waals surface area contributed by atoms with Crippen LogP contribution in [0.5, 0.6) is 11.5 Å². The van der Waals surface area contributed by atoms with Crippen LogP contribution in [0.2, 0.25) is 15.1 Å². The van der Waals surface area contributed by atoms with Gasteiger partial charge >= 0.3 is 30.3 Å². The highest BCUT2D eigenvalue weighted by Crippen LogP contribution is 2.42. The number of H-pyrrole nitrogens is 2. The number of oxazole rings is 2. The molecule has 0 amide bonds. The van der Waals surface area contributed by atoms with Crippen LogP contribution < -0.4 is 26.2 Å². The highest BCUT2D eigenvalue weighted by molar-refractivity contribution is 9.10. The van der Waals surface area contributed by atoms with Crippen molar-refractivity contribution in [3.05, 3.63) is 393 Å². The van der Waals surface area contributed by atoms with Gasteiger partial charge in [0.25, 0.3) is 16.7 Å². The van der Waals surface area contributed by atoms with Crippen LogP contribution in [0.4, 0.5) is 26.3 Å². The summed E-state index contributed by atoms with van der Waals surface area (Å²) in [5.74, 6) is 0.499. The van der Waals surface area contributed by atoms with E-state index in [0.717, 1.165) is 101 Å². The number of ether oxygens (including phenoxy) is 2. The Kier molecular flexibility index (Phi) is 34.2. The molecule has 16 rings (SSSR count). The number of aryl methyl sites for hydroxylation is 1. The molecule has 0 saturated heterocycles. The topological polar surface area (TPSA) is 326 Å². The van der Waals surface area contributed by atoms with Gasteiger partial charge in [0, 0.05) is 77.2 Å². The third kappa shape index (κ3) is 28.6. The Labute approximate surface area is 786 Å². The zero-order chi connectivity index (χ0) is 94.7. The molecular weight excluding hydrogens is 1890 g/mol. The molecule has 0 saturated carbocycles. The predicted molar refractivity (Wildman–Crippen MR) is 502 cm³/mol. The van der Waals surface area contributed by atoms with E-state index in [1.807, 2.05) is 231 Å². The van der Waals surface area contributed by atoms with Gasteiger partial charge in [0.2, 0.25) is 11.8 Å². The zero-order valence-corrected chi connectivity index (χ0v) is 75.1. The second-order valence-corrected chi connectivity index (χ2v) is 32.8. The Bertz CT molecular complexity index is 6800. The number of hydrogen-bond donors (Lipinski definition) is 5. The molecule has 676 valence electrons. The third-order valence-corrected chi connectivity index (χ3v) is 22.0. The van der Waals surface area contributed by atoms with E-state index in [-0.39, 0.29) is 46.8 Å². The molecule has 0 radical (unpaired) electrons. The fraction of sp³-hybridized carbons (Fsp3) is 0.111. The largest absolute Gasteiger partial charge is 0.493 e. The number of nitrogens with zero attached hydrogens (tertiary/aromatic N) is 6. The van der Waals surface area contributed by atoms with Crippen molar-refractivity contribution in [2.75, 3.05) is 19.0 Å². The number of carbonyl (C=O) groups excluding carboxylic acids is 1. The van der Waals surface area contributed by atoms with Crippen molar-refractivity contribution in [3.63, 3.8) is 0 Å². The van der Waals surface area contributed by atoms with Crippen LogP contribution in [0.15, 0.2) is 341 Å². The minimum atomic E-state index is -4.72. The molecule has 0 aliphatic carbocycles. The summed E-state index contributed by atoms with van der Waals surface area (Å²) in [5.41, 5.74) is 8.68. The van der Waals surface area contributed by atoms with Gasteiger partial charge in [0.15, 0.2) is 45.6 Å². The molecule has 11 aromatic carbocycles. The van der Waals surface area contributed by atoms with Gasteiger partial charge in [-0.3, -0.25) is 28.8 Å². The number of aliphatic carboxylic acids is 3. The molecule has 0 atom stereocenters. The highest BCUT2D eigenvalue weighted by atomic mass is 79.9. The van der Waals surface area contributed by atoms with Crippen LogP contribution in [-0.4, -0.2) is 97.7 Å². The average molecular weight is 1960 g/mol. The average Bonchev–Trinajstić information content (AvgIpc) is 1.68. The quantitative estimate of drug-likeness (QED) is 0.0105. The maximum atomic E-state index is 13.0. The molecule has 0 spiro atoms. The molecular formula is C99H74BrCl3F6N8O14S2. The number of benzene rings is 11. The molecule has 133 heavy (non-hydrogen) atoms. The smallest absolute Gasteiger partial charge is 0.433 e. The Morgan fingerprint density at radius 1 is 0.474 bits per heavy atom. The van der Waals surface area contributed by atoms with Crippen LogP contribution >= 0.6 is 74.3 Å². The molecule has 0 fully saturated rings. The van der Waals surface area contributed by atoms with E-state index in [1.165, 1.54) is 28.9 Å². The second kappa shape index (κ2) is 46.5. The van der Waals surface area contributed by atoms with E-state index in [4.69, 9.17) is 78.4 Å².